The normalized spacial score (nSPS) is 11.5. The number of nitrogens with zero attached hydrogens (tertiary/aromatic N) is 1. The van der Waals surface area contributed by atoms with E-state index in [2.05, 4.69) is 41.4 Å². The van der Waals surface area contributed by atoms with Gasteiger partial charge in [-0.1, -0.05) is 61.5 Å². The van der Waals surface area contributed by atoms with Gasteiger partial charge in [0.15, 0.2) is 9.84 Å². The number of carbonyl (C=O) groups excluding carboxylic acids is 1. The predicted octanol–water partition coefficient (Wildman–Crippen LogP) is 4.43. The van der Waals surface area contributed by atoms with Gasteiger partial charge in [0.2, 0.25) is 0 Å². The first kappa shape index (κ1) is 23.7. The van der Waals surface area contributed by atoms with Gasteiger partial charge in [-0.2, -0.15) is 0 Å². The van der Waals surface area contributed by atoms with E-state index in [9.17, 15) is 13.2 Å². The lowest BCUT2D eigenvalue weighted by Crippen LogP contribution is -2.24. The summed E-state index contributed by atoms with van der Waals surface area (Å²) in [6, 6.07) is 24.7. The monoisotopic (exact) mass is 450 g/mol. The number of amides is 1. The Morgan fingerprint density at radius 2 is 1.38 bits per heavy atom. The Balaban J connectivity index is 1.56. The molecular formula is C26H30N2O3S. The number of carbonyl (C=O) groups is 1. The Morgan fingerprint density at radius 1 is 0.812 bits per heavy atom. The van der Waals surface area contributed by atoms with E-state index in [0.717, 1.165) is 31.6 Å². The summed E-state index contributed by atoms with van der Waals surface area (Å²) >= 11 is 0. The average molecular weight is 451 g/mol. The second kappa shape index (κ2) is 11.1. The van der Waals surface area contributed by atoms with Gasteiger partial charge in [-0.15, -0.1) is 0 Å². The first-order chi connectivity index (χ1) is 15.3. The molecule has 6 heteroatoms. The van der Waals surface area contributed by atoms with Gasteiger partial charge >= 0.3 is 0 Å². The molecule has 32 heavy (non-hydrogen) atoms. The molecule has 3 aromatic rings. The molecule has 0 aliphatic carbocycles. The van der Waals surface area contributed by atoms with Crippen LogP contribution >= 0.6 is 0 Å². The molecule has 0 fully saturated rings. The summed E-state index contributed by atoms with van der Waals surface area (Å²) in [4.78, 5) is 15.2. The molecule has 0 heterocycles. The molecule has 1 N–H and O–H groups in total. The molecule has 0 saturated carbocycles. The zero-order valence-electron chi connectivity index (χ0n) is 18.6. The van der Waals surface area contributed by atoms with Gasteiger partial charge in [0.05, 0.1) is 4.90 Å². The number of nitrogens with one attached hydrogen (secondary N) is 1. The molecule has 0 bridgehead atoms. The molecule has 0 unspecified atom stereocenters. The Labute approximate surface area is 191 Å². The summed E-state index contributed by atoms with van der Waals surface area (Å²) in [7, 11) is -3.22. The lowest BCUT2D eigenvalue weighted by molar-refractivity contribution is 0.0951. The molecule has 0 spiro atoms. The van der Waals surface area contributed by atoms with Crippen LogP contribution in [0.5, 0.6) is 0 Å². The van der Waals surface area contributed by atoms with E-state index in [1.807, 2.05) is 30.3 Å². The van der Waals surface area contributed by atoms with E-state index in [4.69, 9.17) is 0 Å². The third-order valence-corrected chi connectivity index (χ3v) is 6.34. The van der Waals surface area contributed by atoms with Crippen molar-refractivity contribution in [2.45, 2.75) is 37.9 Å². The minimum atomic E-state index is -3.22. The third kappa shape index (κ3) is 7.04. The van der Waals surface area contributed by atoms with Crippen LogP contribution in [0.15, 0.2) is 83.8 Å². The lowest BCUT2D eigenvalue weighted by Gasteiger charge is -2.22. The summed E-state index contributed by atoms with van der Waals surface area (Å²) < 4.78 is 23.1. The fourth-order valence-electron chi connectivity index (χ4n) is 3.53. The van der Waals surface area contributed by atoms with Crippen molar-refractivity contribution in [2.75, 3.05) is 12.8 Å². The number of benzene rings is 3. The van der Waals surface area contributed by atoms with Crippen molar-refractivity contribution >= 4 is 15.7 Å². The number of sulfone groups is 1. The molecule has 0 aliphatic rings. The minimum absolute atomic E-state index is 0.154. The van der Waals surface area contributed by atoms with Crippen LogP contribution in [0.25, 0.3) is 0 Å². The maximum absolute atomic E-state index is 12.5. The van der Waals surface area contributed by atoms with E-state index >= 15 is 0 Å². The fraction of sp³-hybridized carbons (Fsp3) is 0.269. The Hall–Kier alpha value is -2.96. The highest BCUT2D eigenvalue weighted by Crippen LogP contribution is 2.13. The summed E-state index contributed by atoms with van der Waals surface area (Å²) in [5.74, 6) is -0.154. The van der Waals surface area contributed by atoms with E-state index < -0.39 is 9.84 Å². The molecule has 0 radical (unpaired) electrons. The van der Waals surface area contributed by atoms with Gasteiger partial charge in [-0.25, -0.2) is 8.42 Å². The highest BCUT2D eigenvalue weighted by molar-refractivity contribution is 7.90. The maximum Gasteiger partial charge on any atom is 0.251 e. The van der Waals surface area contributed by atoms with Gasteiger partial charge in [-0.05, 0) is 53.9 Å². The van der Waals surface area contributed by atoms with Gasteiger partial charge in [-0.3, -0.25) is 9.69 Å². The molecular weight excluding hydrogens is 420 g/mol. The van der Waals surface area contributed by atoms with Gasteiger partial charge in [0.25, 0.3) is 5.91 Å². The largest absolute Gasteiger partial charge is 0.348 e. The van der Waals surface area contributed by atoms with Crippen LogP contribution in [-0.4, -0.2) is 32.0 Å². The Kier molecular flexibility index (Phi) is 8.20. The molecule has 0 atom stereocenters. The van der Waals surface area contributed by atoms with Crippen molar-refractivity contribution in [3.8, 4) is 0 Å². The van der Waals surface area contributed by atoms with Crippen molar-refractivity contribution in [3.05, 3.63) is 101 Å². The average Bonchev–Trinajstić information content (AvgIpc) is 2.78. The zero-order chi connectivity index (χ0) is 23.0. The maximum atomic E-state index is 12.5. The first-order valence-electron chi connectivity index (χ1n) is 10.8. The quantitative estimate of drug-likeness (QED) is 0.496. The summed E-state index contributed by atoms with van der Waals surface area (Å²) in [6.07, 6.45) is 2.26. The molecule has 5 nitrogen and oxygen atoms in total. The van der Waals surface area contributed by atoms with Crippen molar-refractivity contribution in [2.24, 2.45) is 0 Å². The number of hydrogen-bond acceptors (Lipinski definition) is 4. The summed E-state index contributed by atoms with van der Waals surface area (Å²) in [5.41, 5.74) is 3.91. The number of hydrogen-bond donors (Lipinski definition) is 1. The summed E-state index contributed by atoms with van der Waals surface area (Å²) in [6.45, 7) is 5.26. The van der Waals surface area contributed by atoms with Crippen LogP contribution in [0.3, 0.4) is 0 Å². The van der Waals surface area contributed by atoms with Gasteiger partial charge in [0.1, 0.15) is 0 Å². The molecule has 0 saturated heterocycles. The van der Waals surface area contributed by atoms with Crippen LogP contribution in [-0.2, 0) is 29.5 Å². The SMILES string of the molecule is CCCN(Cc1ccccc1)Cc1ccc(C(=O)NCc2ccc(S(C)(=O)=O)cc2)cc1. The molecule has 1 amide bonds. The van der Waals surface area contributed by atoms with E-state index in [1.165, 1.54) is 17.4 Å². The zero-order valence-corrected chi connectivity index (χ0v) is 19.4. The predicted molar refractivity (Wildman–Crippen MR) is 128 cm³/mol. The third-order valence-electron chi connectivity index (χ3n) is 5.22. The van der Waals surface area contributed by atoms with Gasteiger partial charge < -0.3 is 5.32 Å². The lowest BCUT2D eigenvalue weighted by atomic mass is 10.1. The van der Waals surface area contributed by atoms with E-state index in [0.29, 0.717) is 12.1 Å². The Morgan fingerprint density at radius 3 is 1.94 bits per heavy atom. The molecule has 168 valence electrons. The summed E-state index contributed by atoms with van der Waals surface area (Å²) in [5, 5.41) is 2.89. The van der Waals surface area contributed by atoms with E-state index in [1.54, 1.807) is 24.3 Å². The van der Waals surface area contributed by atoms with Crippen LogP contribution in [0.4, 0.5) is 0 Å². The highest BCUT2D eigenvalue weighted by atomic mass is 32.2. The van der Waals surface area contributed by atoms with Crippen LogP contribution in [0, 0.1) is 0 Å². The molecule has 0 aromatic heterocycles. The highest BCUT2D eigenvalue weighted by Gasteiger charge is 2.10. The second-order valence-corrected chi connectivity index (χ2v) is 10.0. The van der Waals surface area contributed by atoms with Crippen molar-refractivity contribution < 1.29 is 13.2 Å². The van der Waals surface area contributed by atoms with E-state index in [-0.39, 0.29) is 10.8 Å². The topological polar surface area (TPSA) is 66.5 Å². The number of rotatable bonds is 10. The molecule has 0 aliphatic heterocycles. The second-order valence-electron chi connectivity index (χ2n) is 7.99. The minimum Gasteiger partial charge on any atom is -0.348 e. The smallest absolute Gasteiger partial charge is 0.251 e. The van der Waals surface area contributed by atoms with Crippen LogP contribution in [0.1, 0.15) is 40.4 Å². The van der Waals surface area contributed by atoms with Crippen molar-refractivity contribution in [1.82, 2.24) is 10.2 Å². The standard InChI is InChI=1S/C26H30N2O3S/c1-3-17-28(19-22-7-5-4-6-8-22)20-23-9-13-24(14-10-23)26(29)27-18-21-11-15-25(16-12-21)32(2,30)31/h4-16H,3,17-20H2,1-2H3,(H,27,29). The first-order valence-corrected chi connectivity index (χ1v) is 12.7. The van der Waals surface area contributed by atoms with Crippen molar-refractivity contribution in [1.29, 1.82) is 0 Å². The fourth-order valence-corrected chi connectivity index (χ4v) is 4.16. The van der Waals surface area contributed by atoms with Crippen molar-refractivity contribution in [3.63, 3.8) is 0 Å². The van der Waals surface area contributed by atoms with Crippen LogP contribution in [0.2, 0.25) is 0 Å². The van der Waals surface area contributed by atoms with Gasteiger partial charge in [0, 0.05) is 31.5 Å². The van der Waals surface area contributed by atoms with Crippen LogP contribution < -0.4 is 5.32 Å². The molecule has 3 aromatic carbocycles. The Bertz CT molecular complexity index is 1110. The molecule has 3 rings (SSSR count).